The predicted molar refractivity (Wildman–Crippen MR) is 69.8 cm³/mol. The summed E-state index contributed by atoms with van der Waals surface area (Å²) in [6.07, 6.45) is 2.98. The van der Waals surface area contributed by atoms with Gasteiger partial charge in [-0.3, -0.25) is 0 Å². The molecule has 2 rings (SSSR count). The van der Waals surface area contributed by atoms with Gasteiger partial charge in [0.1, 0.15) is 13.2 Å². The third-order valence-corrected chi connectivity index (χ3v) is 2.99. The monoisotopic (exact) mass is 253 g/mol. The Hall–Kier alpha value is -1.19. The first-order valence-electron chi connectivity index (χ1n) is 5.73. The first-order valence-corrected chi connectivity index (χ1v) is 6.11. The normalized spacial score (nSPS) is 14.9. The molecule has 0 bridgehead atoms. The molecule has 92 valence electrons. The van der Waals surface area contributed by atoms with E-state index in [2.05, 4.69) is 6.92 Å². The van der Waals surface area contributed by atoms with Crippen molar-refractivity contribution in [1.82, 2.24) is 0 Å². The van der Waals surface area contributed by atoms with E-state index in [1.54, 1.807) is 0 Å². The Bertz CT molecular complexity index is 437. The molecule has 0 aromatic heterocycles. The van der Waals surface area contributed by atoms with Crippen molar-refractivity contribution in [3.63, 3.8) is 0 Å². The van der Waals surface area contributed by atoms with Crippen molar-refractivity contribution in [2.75, 3.05) is 19.8 Å². The number of ether oxygens (including phenoxy) is 2. The van der Waals surface area contributed by atoms with Crippen molar-refractivity contribution in [2.45, 2.75) is 13.3 Å². The number of halogens is 1. The van der Waals surface area contributed by atoms with E-state index in [0.29, 0.717) is 36.3 Å². The molecule has 0 unspecified atom stereocenters. The first kappa shape index (κ1) is 12.3. The standard InChI is InChI=1S/C13H16ClNO2/c1-2-9(8-15)5-10-6-11(14)13-12(7-10)16-3-4-17-13/h5-7H,2-4,8,15H2,1H3. The summed E-state index contributed by atoms with van der Waals surface area (Å²) in [6.45, 7) is 3.75. The Kier molecular flexibility index (Phi) is 3.92. The Balaban J connectivity index is 2.37. The zero-order valence-electron chi connectivity index (χ0n) is 9.83. The average molecular weight is 254 g/mol. The topological polar surface area (TPSA) is 44.5 Å². The van der Waals surface area contributed by atoms with E-state index < -0.39 is 0 Å². The maximum atomic E-state index is 6.15. The van der Waals surface area contributed by atoms with E-state index in [4.69, 9.17) is 26.8 Å². The van der Waals surface area contributed by atoms with Gasteiger partial charge in [0.25, 0.3) is 0 Å². The van der Waals surface area contributed by atoms with Crippen molar-refractivity contribution in [1.29, 1.82) is 0 Å². The molecule has 0 spiro atoms. The Morgan fingerprint density at radius 1 is 1.41 bits per heavy atom. The van der Waals surface area contributed by atoms with Crippen LogP contribution in [0.2, 0.25) is 5.02 Å². The van der Waals surface area contributed by atoms with Crippen LogP contribution in [0.4, 0.5) is 0 Å². The summed E-state index contributed by atoms with van der Waals surface area (Å²) in [7, 11) is 0. The van der Waals surface area contributed by atoms with Gasteiger partial charge in [0, 0.05) is 6.54 Å². The van der Waals surface area contributed by atoms with Crippen LogP contribution in [0.3, 0.4) is 0 Å². The lowest BCUT2D eigenvalue weighted by Crippen LogP contribution is -2.15. The molecule has 0 atom stereocenters. The van der Waals surface area contributed by atoms with E-state index in [-0.39, 0.29) is 0 Å². The molecule has 0 saturated heterocycles. The largest absolute Gasteiger partial charge is 0.486 e. The van der Waals surface area contributed by atoms with Crippen molar-refractivity contribution in [2.24, 2.45) is 5.73 Å². The van der Waals surface area contributed by atoms with E-state index in [9.17, 15) is 0 Å². The predicted octanol–water partition coefficient (Wildman–Crippen LogP) is 2.86. The van der Waals surface area contributed by atoms with E-state index >= 15 is 0 Å². The minimum Gasteiger partial charge on any atom is -0.486 e. The van der Waals surface area contributed by atoms with Crippen LogP contribution in [0.1, 0.15) is 18.9 Å². The highest BCUT2D eigenvalue weighted by Crippen LogP contribution is 2.38. The molecule has 3 nitrogen and oxygen atoms in total. The molecule has 17 heavy (non-hydrogen) atoms. The fourth-order valence-electron chi connectivity index (χ4n) is 1.76. The second-order valence-electron chi connectivity index (χ2n) is 3.89. The minimum atomic E-state index is 0.547. The number of hydrogen-bond donors (Lipinski definition) is 1. The Labute approximate surface area is 106 Å². The summed E-state index contributed by atoms with van der Waals surface area (Å²) in [5.74, 6) is 1.35. The van der Waals surface area contributed by atoms with Gasteiger partial charge in [-0.25, -0.2) is 0 Å². The Morgan fingerprint density at radius 3 is 2.88 bits per heavy atom. The smallest absolute Gasteiger partial charge is 0.179 e. The highest BCUT2D eigenvalue weighted by Gasteiger charge is 2.15. The fraction of sp³-hybridized carbons (Fsp3) is 0.385. The van der Waals surface area contributed by atoms with E-state index in [0.717, 1.165) is 12.0 Å². The van der Waals surface area contributed by atoms with Gasteiger partial charge in [0.15, 0.2) is 11.5 Å². The lowest BCUT2D eigenvalue weighted by molar-refractivity contribution is 0.171. The van der Waals surface area contributed by atoms with Crippen LogP contribution in [0.25, 0.3) is 6.08 Å². The quantitative estimate of drug-likeness (QED) is 0.901. The van der Waals surface area contributed by atoms with Crippen LogP contribution in [-0.4, -0.2) is 19.8 Å². The molecular weight excluding hydrogens is 238 g/mol. The van der Waals surface area contributed by atoms with Gasteiger partial charge in [-0.05, 0) is 24.1 Å². The number of benzene rings is 1. The molecule has 1 heterocycles. The van der Waals surface area contributed by atoms with Crippen LogP contribution in [0, 0.1) is 0 Å². The fourth-order valence-corrected chi connectivity index (χ4v) is 2.03. The molecule has 0 saturated carbocycles. The molecule has 1 aliphatic rings. The van der Waals surface area contributed by atoms with Crippen molar-refractivity contribution < 1.29 is 9.47 Å². The van der Waals surface area contributed by atoms with Crippen LogP contribution in [-0.2, 0) is 0 Å². The number of fused-ring (bicyclic) bond motifs is 1. The van der Waals surface area contributed by atoms with Crippen molar-refractivity contribution >= 4 is 17.7 Å². The molecule has 0 fully saturated rings. The maximum Gasteiger partial charge on any atom is 0.179 e. The van der Waals surface area contributed by atoms with Gasteiger partial charge in [0.2, 0.25) is 0 Å². The van der Waals surface area contributed by atoms with Gasteiger partial charge in [-0.1, -0.05) is 30.2 Å². The van der Waals surface area contributed by atoms with Gasteiger partial charge >= 0.3 is 0 Å². The molecule has 1 aromatic carbocycles. The summed E-state index contributed by atoms with van der Waals surface area (Å²) in [5, 5.41) is 0.584. The molecule has 0 aliphatic carbocycles. The number of rotatable bonds is 3. The first-order chi connectivity index (χ1) is 8.24. The molecule has 1 aliphatic heterocycles. The highest BCUT2D eigenvalue weighted by atomic mass is 35.5. The summed E-state index contributed by atoms with van der Waals surface area (Å²) in [6, 6.07) is 3.81. The van der Waals surface area contributed by atoms with Crippen molar-refractivity contribution in [3.8, 4) is 11.5 Å². The van der Waals surface area contributed by atoms with Crippen molar-refractivity contribution in [3.05, 3.63) is 28.3 Å². The van der Waals surface area contributed by atoms with Gasteiger partial charge in [-0.2, -0.15) is 0 Å². The third kappa shape index (κ3) is 2.73. The lowest BCUT2D eigenvalue weighted by atomic mass is 10.1. The molecule has 0 amide bonds. The van der Waals surface area contributed by atoms with Gasteiger partial charge in [0.05, 0.1) is 5.02 Å². The van der Waals surface area contributed by atoms with Crippen LogP contribution < -0.4 is 15.2 Å². The van der Waals surface area contributed by atoms with Gasteiger partial charge < -0.3 is 15.2 Å². The molecule has 1 aromatic rings. The zero-order valence-corrected chi connectivity index (χ0v) is 10.6. The minimum absolute atomic E-state index is 0.547. The van der Waals surface area contributed by atoms with E-state index in [1.165, 1.54) is 5.57 Å². The Morgan fingerprint density at radius 2 is 2.18 bits per heavy atom. The lowest BCUT2D eigenvalue weighted by Gasteiger charge is -2.19. The molecule has 4 heteroatoms. The third-order valence-electron chi connectivity index (χ3n) is 2.71. The van der Waals surface area contributed by atoms with E-state index in [1.807, 2.05) is 18.2 Å². The molecular formula is C13H16ClNO2. The molecule has 2 N–H and O–H groups in total. The second-order valence-corrected chi connectivity index (χ2v) is 4.29. The number of hydrogen-bond acceptors (Lipinski definition) is 3. The maximum absolute atomic E-state index is 6.15. The summed E-state index contributed by atoms with van der Waals surface area (Å²) >= 11 is 6.15. The van der Waals surface area contributed by atoms with Crippen LogP contribution in [0.5, 0.6) is 11.5 Å². The summed E-state index contributed by atoms with van der Waals surface area (Å²) in [4.78, 5) is 0. The number of nitrogens with two attached hydrogens (primary N) is 1. The second kappa shape index (κ2) is 5.43. The van der Waals surface area contributed by atoms with Crippen LogP contribution >= 0.6 is 11.6 Å². The summed E-state index contributed by atoms with van der Waals surface area (Å²) in [5.41, 5.74) is 7.83. The van der Waals surface area contributed by atoms with Crippen LogP contribution in [0.15, 0.2) is 17.7 Å². The SMILES string of the molecule is CCC(=Cc1cc(Cl)c2c(c1)OCCO2)CN. The summed E-state index contributed by atoms with van der Waals surface area (Å²) < 4.78 is 11.0. The average Bonchev–Trinajstić information content (AvgIpc) is 2.36. The molecule has 0 radical (unpaired) electrons. The zero-order chi connectivity index (χ0) is 12.3. The highest BCUT2D eigenvalue weighted by molar-refractivity contribution is 6.32. The van der Waals surface area contributed by atoms with Gasteiger partial charge in [-0.15, -0.1) is 0 Å².